The monoisotopic (exact) mass is 264 g/mol. The number of aliphatic carboxylic acids is 1. The van der Waals surface area contributed by atoms with E-state index in [0.29, 0.717) is 18.5 Å². The molecule has 5 nitrogen and oxygen atoms in total. The average Bonchev–Trinajstić information content (AvgIpc) is 2.95. The van der Waals surface area contributed by atoms with Crippen molar-refractivity contribution in [2.24, 2.45) is 5.92 Å². The van der Waals surface area contributed by atoms with Gasteiger partial charge in [-0.25, -0.2) is 0 Å². The van der Waals surface area contributed by atoms with Gasteiger partial charge in [-0.1, -0.05) is 18.0 Å². The zero-order chi connectivity index (χ0) is 13.4. The largest absolute Gasteiger partial charge is 0.480 e. The lowest BCUT2D eigenvalue weighted by atomic mass is 9.85. The Hall–Kier alpha value is -1.36. The summed E-state index contributed by atoms with van der Waals surface area (Å²) in [5.41, 5.74) is 0.843. The molecule has 0 aromatic carbocycles. The van der Waals surface area contributed by atoms with Gasteiger partial charge in [-0.05, 0) is 32.1 Å². The normalized spacial score (nSPS) is 31.3. The van der Waals surface area contributed by atoms with Crippen LogP contribution in [-0.4, -0.2) is 33.2 Å². The molecular formula is C14H20N2O3. The zero-order valence-corrected chi connectivity index (χ0v) is 11.2. The molecule has 2 heterocycles. The standard InChI is InChI=1S/C14H20N2O3/c1-9-6-11(15-19-9)8-16-12-5-3-2-4-10(12)7-13(16)14(17)18/h6,10,12-13H,2-5,7-8H2,1H3,(H,17,18)/t10-,12+,13+/m1/s1. The van der Waals surface area contributed by atoms with E-state index in [2.05, 4.69) is 10.1 Å². The summed E-state index contributed by atoms with van der Waals surface area (Å²) in [6.45, 7) is 2.45. The highest BCUT2D eigenvalue weighted by Crippen LogP contribution is 2.40. The molecule has 0 unspecified atom stereocenters. The maximum atomic E-state index is 11.5. The van der Waals surface area contributed by atoms with Crippen molar-refractivity contribution in [2.45, 2.75) is 57.7 Å². The van der Waals surface area contributed by atoms with Crippen LogP contribution < -0.4 is 0 Å². The molecule has 3 rings (SSSR count). The maximum Gasteiger partial charge on any atom is 0.320 e. The lowest BCUT2D eigenvalue weighted by molar-refractivity contribution is -0.142. The van der Waals surface area contributed by atoms with Crippen molar-refractivity contribution in [3.8, 4) is 0 Å². The van der Waals surface area contributed by atoms with E-state index in [1.807, 2.05) is 13.0 Å². The van der Waals surface area contributed by atoms with Gasteiger partial charge in [0.25, 0.3) is 0 Å². The number of aryl methyl sites for hydroxylation is 1. The lowest BCUT2D eigenvalue weighted by Crippen LogP contribution is -2.41. The van der Waals surface area contributed by atoms with Crippen LogP contribution in [-0.2, 0) is 11.3 Å². The Morgan fingerprint density at radius 1 is 1.53 bits per heavy atom. The minimum Gasteiger partial charge on any atom is -0.480 e. The summed E-state index contributed by atoms with van der Waals surface area (Å²) in [6, 6.07) is 1.95. The number of fused-ring (bicyclic) bond motifs is 1. The lowest BCUT2D eigenvalue weighted by Gasteiger charge is -2.32. The Morgan fingerprint density at radius 3 is 3.00 bits per heavy atom. The number of hydrogen-bond acceptors (Lipinski definition) is 4. The summed E-state index contributed by atoms with van der Waals surface area (Å²) in [5.74, 6) is 0.624. The third-order valence-electron chi connectivity index (χ3n) is 4.53. The van der Waals surface area contributed by atoms with Crippen LogP contribution in [0.3, 0.4) is 0 Å². The molecule has 1 aromatic rings. The highest BCUT2D eigenvalue weighted by Gasteiger charge is 2.45. The number of likely N-dealkylation sites (tertiary alicyclic amines) is 1. The summed E-state index contributed by atoms with van der Waals surface area (Å²) in [4.78, 5) is 13.6. The first-order chi connectivity index (χ1) is 9.15. The third-order valence-corrected chi connectivity index (χ3v) is 4.53. The Kier molecular flexibility index (Phi) is 3.31. The number of carboxylic acids is 1. The predicted octanol–water partition coefficient (Wildman–Crippen LogP) is 2.20. The van der Waals surface area contributed by atoms with E-state index in [0.717, 1.165) is 24.3 Å². The van der Waals surface area contributed by atoms with E-state index in [4.69, 9.17) is 4.52 Å². The number of hydrogen-bond donors (Lipinski definition) is 1. The van der Waals surface area contributed by atoms with Gasteiger partial charge >= 0.3 is 5.97 Å². The molecule has 1 saturated carbocycles. The average molecular weight is 264 g/mol. The summed E-state index contributed by atoms with van der Waals surface area (Å²) >= 11 is 0. The second-order valence-corrected chi connectivity index (χ2v) is 5.80. The molecule has 0 amide bonds. The van der Waals surface area contributed by atoms with Crippen LogP contribution in [0.2, 0.25) is 0 Å². The quantitative estimate of drug-likeness (QED) is 0.906. The first-order valence-electron chi connectivity index (χ1n) is 7.06. The Balaban J connectivity index is 1.80. The van der Waals surface area contributed by atoms with Gasteiger partial charge in [0.15, 0.2) is 0 Å². The minimum atomic E-state index is -0.699. The van der Waals surface area contributed by atoms with E-state index in [9.17, 15) is 9.90 Å². The molecule has 2 aliphatic rings. The van der Waals surface area contributed by atoms with Crippen LogP contribution in [0.15, 0.2) is 10.6 Å². The van der Waals surface area contributed by atoms with Gasteiger partial charge in [-0.3, -0.25) is 9.69 Å². The molecule has 0 bridgehead atoms. The van der Waals surface area contributed by atoms with Crippen molar-refractivity contribution in [1.29, 1.82) is 0 Å². The molecule has 1 aliphatic heterocycles. The number of rotatable bonds is 3. The summed E-state index contributed by atoms with van der Waals surface area (Å²) in [6.07, 6.45) is 5.52. The molecule has 0 spiro atoms. The molecule has 1 saturated heterocycles. The van der Waals surface area contributed by atoms with Crippen molar-refractivity contribution in [3.63, 3.8) is 0 Å². The maximum absolute atomic E-state index is 11.5. The zero-order valence-electron chi connectivity index (χ0n) is 11.2. The smallest absolute Gasteiger partial charge is 0.320 e. The van der Waals surface area contributed by atoms with E-state index in [1.165, 1.54) is 19.3 Å². The van der Waals surface area contributed by atoms with Crippen LogP contribution in [0.1, 0.15) is 43.6 Å². The van der Waals surface area contributed by atoms with Gasteiger partial charge in [0, 0.05) is 18.7 Å². The van der Waals surface area contributed by atoms with Crippen molar-refractivity contribution in [1.82, 2.24) is 10.1 Å². The Bertz CT molecular complexity index is 471. The van der Waals surface area contributed by atoms with E-state index in [1.54, 1.807) is 0 Å². The summed E-state index contributed by atoms with van der Waals surface area (Å²) < 4.78 is 5.08. The molecule has 1 N–H and O–H groups in total. The topological polar surface area (TPSA) is 66.6 Å². The van der Waals surface area contributed by atoms with E-state index < -0.39 is 5.97 Å². The number of carbonyl (C=O) groups is 1. The molecule has 5 heteroatoms. The first kappa shape index (κ1) is 12.7. The molecule has 104 valence electrons. The molecule has 3 atom stereocenters. The van der Waals surface area contributed by atoms with Crippen molar-refractivity contribution in [3.05, 3.63) is 17.5 Å². The van der Waals surface area contributed by atoms with Crippen molar-refractivity contribution < 1.29 is 14.4 Å². The Morgan fingerprint density at radius 2 is 2.32 bits per heavy atom. The number of nitrogens with zero attached hydrogens (tertiary/aromatic N) is 2. The second kappa shape index (κ2) is 4.96. The van der Waals surface area contributed by atoms with Gasteiger partial charge < -0.3 is 9.63 Å². The highest BCUT2D eigenvalue weighted by molar-refractivity contribution is 5.74. The van der Waals surface area contributed by atoms with Crippen LogP contribution in [0.25, 0.3) is 0 Å². The van der Waals surface area contributed by atoms with Crippen molar-refractivity contribution in [2.75, 3.05) is 0 Å². The first-order valence-corrected chi connectivity index (χ1v) is 7.06. The molecule has 2 fully saturated rings. The Labute approximate surface area is 112 Å². The van der Waals surface area contributed by atoms with Gasteiger partial charge in [-0.2, -0.15) is 0 Å². The highest BCUT2D eigenvalue weighted by atomic mass is 16.5. The summed E-state index contributed by atoms with van der Waals surface area (Å²) in [5, 5.41) is 13.4. The SMILES string of the molecule is Cc1cc(CN2[C@H](C(=O)O)C[C@H]3CCCC[C@@H]32)no1. The number of aromatic nitrogens is 1. The molecule has 0 radical (unpaired) electrons. The van der Waals surface area contributed by atoms with E-state index in [-0.39, 0.29) is 6.04 Å². The van der Waals surface area contributed by atoms with Crippen molar-refractivity contribution >= 4 is 5.97 Å². The fourth-order valence-corrected chi connectivity index (χ4v) is 3.70. The molecular weight excluding hydrogens is 244 g/mol. The van der Waals surface area contributed by atoms with Gasteiger partial charge in [0.2, 0.25) is 0 Å². The molecule has 1 aromatic heterocycles. The van der Waals surface area contributed by atoms with Crippen LogP contribution in [0.5, 0.6) is 0 Å². The fraction of sp³-hybridized carbons (Fsp3) is 0.714. The second-order valence-electron chi connectivity index (χ2n) is 5.80. The number of carboxylic acid groups (broad SMARTS) is 1. The van der Waals surface area contributed by atoms with Crippen LogP contribution in [0.4, 0.5) is 0 Å². The summed E-state index contributed by atoms with van der Waals surface area (Å²) in [7, 11) is 0. The van der Waals surface area contributed by atoms with E-state index >= 15 is 0 Å². The van der Waals surface area contributed by atoms with Crippen LogP contribution >= 0.6 is 0 Å². The minimum absolute atomic E-state index is 0.356. The predicted molar refractivity (Wildman–Crippen MR) is 68.6 cm³/mol. The van der Waals surface area contributed by atoms with Gasteiger partial charge in [0.1, 0.15) is 11.8 Å². The van der Waals surface area contributed by atoms with Gasteiger partial charge in [0.05, 0.1) is 5.69 Å². The fourth-order valence-electron chi connectivity index (χ4n) is 3.70. The van der Waals surface area contributed by atoms with Crippen LogP contribution in [0, 0.1) is 12.8 Å². The third kappa shape index (κ3) is 2.39. The molecule has 1 aliphatic carbocycles. The molecule has 19 heavy (non-hydrogen) atoms. The van der Waals surface area contributed by atoms with Gasteiger partial charge in [-0.15, -0.1) is 0 Å².